The van der Waals surface area contributed by atoms with Crippen molar-refractivity contribution in [1.82, 2.24) is 14.3 Å². The Morgan fingerprint density at radius 3 is 2.25 bits per heavy atom. The summed E-state index contributed by atoms with van der Waals surface area (Å²) in [5.74, 6) is -0.408. The van der Waals surface area contributed by atoms with Crippen molar-refractivity contribution in [2.45, 2.75) is 38.1 Å². The molecule has 1 aromatic heterocycles. The van der Waals surface area contributed by atoms with Gasteiger partial charge in [0, 0.05) is 13.5 Å². The maximum Gasteiger partial charge on any atom is 0.290 e. The molecule has 2 aromatic carbocycles. The number of rotatable bonds is 6. The molecule has 5 nitrogen and oxygen atoms in total. The highest BCUT2D eigenvalue weighted by Gasteiger charge is 2.50. The molecule has 2 heterocycles. The van der Waals surface area contributed by atoms with E-state index < -0.39 is 16.9 Å². The van der Waals surface area contributed by atoms with E-state index in [4.69, 9.17) is 11.6 Å². The Hall–Kier alpha value is -2.70. The minimum absolute atomic E-state index is 0.00746. The van der Waals surface area contributed by atoms with Crippen LogP contribution in [0.3, 0.4) is 0 Å². The molecule has 1 saturated heterocycles. The van der Waals surface area contributed by atoms with Gasteiger partial charge in [-0.05, 0) is 55.8 Å². The Morgan fingerprint density at radius 1 is 1.03 bits per heavy atom. The van der Waals surface area contributed by atoms with E-state index >= 15 is 0 Å². The lowest BCUT2D eigenvalue weighted by Gasteiger charge is -2.45. The third kappa shape index (κ3) is 3.51. The third-order valence-electron chi connectivity index (χ3n) is 6.37. The summed E-state index contributed by atoms with van der Waals surface area (Å²) in [6.07, 6.45) is 3.33. The van der Waals surface area contributed by atoms with Gasteiger partial charge in [-0.1, -0.05) is 55.3 Å². The van der Waals surface area contributed by atoms with Gasteiger partial charge in [-0.3, -0.25) is 19.2 Å². The van der Waals surface area contributed by atoms with Crippen LogP contribution in [-0.2, 0) is 17.4 Å². The summed E-state index contributed by atoms with van der Waals surface area (Å²) >= 11 is 6.75. The molecule has 1 aliphatic heterocycles. The van der Waals surface area contributed by atoms with Gasteiger partial charge in [0.25, 0.3) is 5.56 Å². The van der Waals surface area contributed by atoms with Gasteiger partial charge in [-0.2, -0.15) is 0 Å². The van der Waals surface area contributed by atoms with Crippen LogP contribution in [0.4, 0.5) is 4.39 Å². The molecule has 1 atom stereocenters. The lowest BCUT2D eigenvalue weighted by Crippen LogP contribution is -2.55. The first-order valence-electron chi connectivity index (χ1n) is 11.0. The van der Waals surface area contributed by atoms with Crippen molar-refractivity contribution >= 4 is 17.4 Å². The van der Waals surface area contributed by atoms with E-state index in [1.165, 1.54) is 28.9 Å². The minimum atomic E-state index is -1.19. The Morgan fingerprint density at radius 2 is 1.66 bits per heavy atom. The van der Waals surface area contributed by atoms with Crippen molar-refractivity contribution < 1.29 is 9.18 Å². The van der Waals surface area contributed by atoms with Crippen LogP contribution < -0.4 is 5.56 Å². The summed E-state index contributed by atoms with van der Waals surface area (Å²) in [6.45, 7) is 3.30. The van der Waals surface area contributed by atoms with Crippen molar-refractivity contribution in [3.05, 3.63) is 87.0 Å². The van der Waals surface area contributed by atoms with Gasteiger partial charge in [0.05, 0.1) is 11.4 Å². The van der Waals surface area contributed by atoms with E-state index in [1.807, 2.05) is 37.3 Å². The second kappa shape index (κ2) is 9.04. The summed E-state index contributed by atoms with van der Waals surface area (Å²) in [5, 5.41) is 0.00746. The van der Waals surface area contributed by atoms with Gasteiger partial charge < -0.3 is 0 Å². The van der Waals surface area contributed by atoms with Crippen LogP contribution in [0.2, 0.25) is 5.02 Å². The zero-order valence-corrected chi connectivity index (χ0v) is 19.1. The van der Waals surface area contributed by atoms with Crippen molar-refractivity contribution in [1.29, 1.82) is 0 Å². The predicted octanol–water partition coefficient (Wildman–Crippen LogP) is 4.68. The Labute approximate surface area is 192 Å². The van der Waals surface area contributed by atoms with Gasteiger partial charge >= 0.3 is 0 Å². The lowest BCUT2D eigenvalue weighted by atomic mass is 9.78. The minimum Gasteiger partial charge on any atom is -0.297 e. The number of likely N-dealkylation sites (tertiary alicyclic amines) is 1. The summed E-state index contributed by atoms with van der Waals surface area (Å²) in [4.78, 5) is 29.4. The number of ketones is 1. The standard InChI is InChI=1S/C25H27ClFN3O2/c1-3-21(31)25(18-10-6-4-7-11-18,29-16-8-5-9-17-29)23-22(26)24(32)30(28(23)2)20-14-12-19(27)13-15-20/h4,6-7,10-15H,3,5,8-9,16-17H2,1-2H3. The first kappa shape index (κ1) is 22.5. The van der Waals surface area contributed by atoms with E-state index in [0.29, 0.717) is 11.4 Å². The SMILES string of the molecule is CCC(=O)C(c1ccccc1)(c1c(Cl)c(=O)n(-c2ccc(F)cc2)n1C)N1CCCCC1. The number of carbonyl (C=O) groups excluding carboxylic acids is 1. The van der Waals surface area contributed by atoms with Crippen molar-refractivity contribution in [3.8, 4) is 5.69 Å². The van der Waals surface area contributed by atoms with Crippen LogP contribution in [0.5, 0.6) is 0 Å². The fraction of sp³-hybridized carbons (Fsp3) is 0.360. The molecule has 32 heavy (non-hydrogen) atoms. The highest BCUT2D eigenvalue weighted by molar-refractivity contribution is 6.31. The van der Waals surface area contributed by atoms with E-state index in [2.05, 4.69) is 4.90 Å². The summed E-state index contributed by atoms with van der Waals surface area (Å²) in [6, 6.07) is 15.2. The van der Waals surface area contributed by atoms with Gasteiger partial charge in [0.15, 0.2) is 5.78 Å². The van der Waals surface area contributed by atoms with E-state index in [0.717, 1.165) is 37.9 Å². The number of aromatic nitrogens is 2. The highest BCUT2D eigenvalue weighted by Crippen LogP contribution is 2.42. The molecule has 0 amide bonds. The number of piperidine rings is 1. The number of benzene rings is 2. The average Bonchev–Trinajstić information content (AvgIpc) is 3.05. The maximum atomic E-state index is 13.9. The molecule has 0 aliphatic carbocycles. The average molecular weight is 456 g/mol. The highest BCUT2D eigenvalue weighted by atomic mass is 35.5. The monoisotopic (exact) mass is 455 g/mol. The molecule has 168 valence electrons. The van der Waals surface area contributed by atoms with Crippen molar-refractivity contribution in [2.24, 2.45) is 7.05 Å². The first-order valence-corrected chi connectivity index (χ1v) is 11.4. The molecule has 1 fully saturated rings. The Balaban J connectivity index is 2.06. The smallest absolute Gasteiger partial charge is 0.290 e. The van der Waals surface area contributed by atoms with E-state index in [9.17, 15) is 14.0 Å². The van der Waals surface area contributed by atoms with Crippen LogP contribution in [0.15, 0.2) is 59.4 Å². The van der Waals surface area contributed by atoms with Crippen LogP contribution in [-0.4, -0.2) is 33.1 Å². The van der Waals surface area contributed by atoms with E-state index in [-0.39, 0.29) is 17.2 Å². The van der Waals surface area contributed by atoms with Gasteiger partial charge in [0.2, 0.25) is 0 Å². The number of hydrogen-bond acceptors (Lipinski definition) is 3. The molecule has 1 unspecified atom stereocenters. The van der Waals surface area contributed by atoms with Crippen molar-refractivity contribution in [2.75, 3.05) is 13.1 Å². The fourth-order valence-corrected chi connectivity index (χ4v) is 5.28. The predicted molar refractivity (Wildman–Crippen MR) is 124 cm³/mol. The quantitative estimate of drug-likeness (QED) is 0.542. The van der Waals surface area contributed by atoms with Gasteiger partial charge in [-0.15, -0.1) is 0 Å². The zero-order chi connectivity index (χ0) is 22.9. The molecule has 0 saturated carbocycles. The maximum absolute atomic E-state index is 13.9. The summed E-state index contributed by atoms with van der Waals surface area (Å²) in [5.41, 5.74) is 0.108. The Bertz CT molecular complexity index is 1160. The van der Waals surface area contributed by atoms with Crippen molar-refractivity contribution in [3.63, 3.8) is 0 Å². The summed E-state index contributed by atoms with van der Waals surface area (Å²) < 4.78 is 16.6. The molecule has 1 aliphatic rings. The molecular formula is C25H27ClFN3O2. The van der Waals surface area contributed by atoms with Gasteiger partial charge in [-0.25, -0.2) is 9.07 Å². The molecule has 7 heteroatoms. The molecule has 4 rings (SSSR count). The number of halogens is 2. The molecule has 0 radical (unpaired) electrons. The van der Waals surface area contributed by atoms with Crippen LogP contribution in [0.25, 0.3) is 5.69 Å². The van der Waals surface area contributed by atoms with Crippen LogP contribution >= 0.6 is 11.6 Å². The second-order valence-electron chi connectivity index (χ2n) is 8.18. The van der Waals surface area contributed by atoms with E-state index in [1.54, 1.807) is 11.7 Å². The van der Waals surface area contributed by atoms with Gasteiger partial charge in [0.1, 0.15) is 16.4 Å². The first-order chi connectivity index (χ1) is 15.4. The Kier molecular flexibility index (Phi) is 6.35. The molecule has 0 spiro atoms. The number of nitrogens with zero attached hydrogens (tertiary/aromatic N) is 3. The normalized spacial score (nSPS) is 16.6. The fourth-order valence-electron chi connectivity index (χ4n) is 4.94. The number of carbonyl (C=O) groups is 1. The van der Waals surface area contributed by atoms with Crippen LogP contribution in [0, 0.1) is 5.82 Å². The molecule has 3 aromatic rings. The molecule has 0 bridgehead atoms. The topological polar surface area (TPSA) is 47.2 Å². The number of Topliss-reactive ketones (excluding diaryl/α,β-unsaturated/α-hetero) is 1. The third-order valence-corrected chi connectivity index (χ3v) is 6.71. The lowest BCUT2D eigenvalue weighted by molar-refractivity contribution is -0.130. The molecule has 0 N–H and O–H groups in total. The van der Waals surface area contributed by atoms with Crippen LogP contribution in [0.1, 0.15) is 43.9 Å². The number of hydrogen-bond donors (Lipinski definition) is 0. The largest absolute Gasteiger partial charge is 0.297 e. The summed E-state index contributed by atoms with van der Waals surface area (Å²) in [7, 11) is 1.73. The zero-order valence-electron chi connectivity index (χ0n) is 18.4. The second-order valence-corrected chi connectivity index (χ2v) is 8.56. The molecular weight excluding hydrogens is 429 g/mol.